The van der Waals surface area contributed by atoms with Gasteiger partial charge in [-0.25, -0.2) is 4.39 Å². The normalized spacial score (nSPS) is 27.0. The average Bonchev–Trinajstić information content (AvgIpc) is 2.68. The second kappa shape index (κ2) is 4.82. The predicted molar refractivity (Wildman–Crippen MR) is 62.6 cm³/mol. The third-order valence-electron chi connectivity index (χ3n) is 2.90. The summed E-state index contributed by atoms with van der Waals surface area (Å²) in [6.07, 6.45) is 1.15. The first kappa shape index (κ1) is 12.0. The second-order valence-electron chi connectivity index (χ2n) is 4.18. The highest BCUT2D eigenvalue weighted by atomic mass is 79.9. The van der Waals surface area contributed by atoms with Crippen molar-refractivity contribution in [3.8, 4) is 0 Å². The van der Waals surface area contributed by atoms with E-state index in [1.54, 1.807) is 12.1 Å². The maximum absolute atomic E-state index is 13.0. The number of ether oxygens (including phenoxy) is 1. The standard InChI is InChI=1S/C12H14BrFO2/c1-7-2-5-11(16-7)12(15)8-3-4-10(14)9(13)6-8/h3-4,6-7,11-12,15H,2,5H2,1H3. The smallest absolute Gasteiger partial charge is 0.137 e. The Hall–Kier alpha value is -0.450. The molecular formula is C12H14BrFO2. The first-order chi connectivity index (χ1) is 7.58. The predicted octanol–water partition coefficient (Wildman–Crippen LogP) is 3.19. The van der Waals surface area contributed by atoms with E-state index in [-0.39, 0.29) is 18.0 Å². The second-order valence-corrected chi connectivity index (χ2v) is 5.04. The lowest BCUT2D eigenvalue weighted by Crippen LogP contribution is -2.18. The summed E-state index contributed by atoms with van der Waals surface area (Å²) in [5, 5.41) is 10.1. The maximum atomic E-state index is 13.0. The van der Waals surface area contributed by atoms with Gasteiger partial charge < -0.3 is 9.84 Å². The number of benzene rings is 1. The molecule has 4 heteroatoms. The number of aliphatic hydroxyl groups is 1. The topological polar surface area (TPSA) is 29.5 Å². The van der Waals surface area contributed by atoms with Crippen LogP contribution in [0.5, 0.6) is 0 Å². The Morgan fingerprint density at radius 2 is 2.25 bits per heavy atom. The lowest BCUT2D eigenvalue weighted by atomic mass is 10.0. The van der Waals surface area contributed by atoms with Crippen molar-refractivity contribution >= 4 is 15.9 Å². The average molecular weight is 289 g/mol. The Bertz CT molecular complexity index is 383. The molecule has 2 rings (SSSR count). The fourth-order valence-corrected chi connectivity index (χ4v) is 2.37. The van der Waals surface area contributed by atoms with Gasteiger partial charge in [0, 0.05) is 0 Å². The quantitative estimate of drug-likeness (QED) is 0.906. The lowest BCUT2D eigenvalue weighted by molar-refractivity contribution is -0.0297. The molecular weight excluding hydrogens is 275 g/mol. The molecule has 0 aromatic heterocycles. The summed E-state index contributed by atoms with van der Waals surface area (Å²) in [4.78, 5) is 0. The van der Waals surface area contributed by atoms with Crippen molar-refractivity contribution in [1.82, 2.24) is 0 Å². The van der Waals surface area contributed by atoms with Crippen LogP contribution >= 0.6 is 15.9 Å². The molecule has 1 saturated heterocycles. The lowest BCUT2D eigenvalue weighted by Gasteiger charge is -2.19. The van der Waals surface area contributed by atoms with Gasteiger partial charge in [0.15, 0.2) is 0 Å². The van der Waals surface area contributed by atoms with Crippen molar-refractivity contribution in [2.24, 2.45) is 0 Å². The Morgan fingerprint density at radius 3 is 2.81 bits per heavy atom. The number of halogens is 2. The van der Waals surface area contributed by atoms with E-state index in [1.165, 1.54) is 6.07 Å². The maximum Gasteiger partial charge on any atom is 0.137 e. The minimum atomic E-state index is -0.679. The van der Waals surface area contributed by atoms with Crippen molar-refractivity contribution in [2.45, 2.75) is 38.1 Å². The van der Waals surface area contributed by atoms with Crippen molar-refractivity contribution in [3.63, 3.8) is 0 Å². The molecule has 0 radical (unpaired) electrons. The van der Waals surface area contributed by atoms with Crippen LogP contribution in [-0.2, 0) is 4.74 Å². The third-order valence-corrected chi connectivity index (χ3v) is 3.51. The van der Waals surface area contributed by atoms with Gasteiger partial charge in [-0.3, -0.25) is 0 Å². The van der Waals surface area contributed by atoms with E-state index in [2.05, 4.69) is 15.9 Å². The zero-order valence-electron chi connectivity index (χ0n) is 8.99. The molecule has 1 aromatic carbocycles. The summed E-state index contributed by atoms with van der Waals surface area (Å²) in [6.45, 7) is 1.99. The van der Waals surface area contributed by atoms with Crippen molar-refractivity contribution in [2.75, 3.05) is 0 Å². The van der Waals surface area contributed by atoms with Crippen LogP contribution in [0.1, 0.15) is 31.4 Å². The van der Waals surface area contributed by atoms with E-state index in [4.69, 9.17) is 4.74 Å². The van der Waals surface area contributed by atoms with E-state index < -0.39 is 6.10 Å². The summed E-state index contributed by atoms with van der Waals surface area (Å²) in [5.41, 5.74) is 0.687. The third kappa shape index (κ3) is 2.44. The molecule has 1 heterocycles. The van der Waals surface area contributed by atoms with Gasteiger partial charge in [-0.05, 0) is 53.4 Å². The van der Waals surface area contributed by atoms with E-state index in [0.29, 0.717) is 10.0 Å². The number of aliphatic hydroxyl groups excluding tert-OH is 1. The minimum Gasteiger partial charge on any atom is -0.386 e. The van der Waals surface area contributed by atoms with Crippen LogP contribution in [0.25, 0.3) is 0 Å². The molecule has 3 unspecified atom stereocenters. The molecule has 1 N–H and O–H groups in total. The number of hydrogen-bond donors (Lipinski definition) is 1. The van der Waals surface area contributed by atoms with Crippen molar-refractivity contribution < 1.29 is 14.2 Å². The van der Waals surface area contributed by atoms with Crippen LogP contribution in [-0.4, -0.2) is 17.3 Å². The van der Waals surface area contributed by atoms with Crippen molar-refractivity contribution in [1.29, 1.82) is 0 Å². The Morgan fingerprint density at radius 1 is 1.50 bits per heavy atom. The van der Waals surface area contributed by atoms with Gasteiger partial charge in [-0.15, -0.1) is 0 Å². The molecule has 1 aliphatic rings. The molecule has 3 atom stereocenters. The van der Waals surface area contributed by atoms with Gasteiger partial charge in [0.2, 0.25) is 0 Å². The molecule has 0 aliphatic carbocycles. The highest BCUT2D eigenvalue weighted by Gasteiger charge is 2.29. The van der Waals surface area contributed by atoms with E-state index in [0.717, 1.165) is 12.8 Å². The molecule has 1 aromatic rings. The summed E-state index contributed by atoms with van der Waals surface area (Å²) in [6, 6.07) is 4.55. The molecule has 2 nitrogen and oxygen atoms in total. The minimum absolute atomic E-state index is 0.174. The van der Waals surface area contributed by atoms with Gasteiger partial charge >= 0.3 is 0 Å². The fraction of sp³-hybridized carbons (Fsp3) is 0.500. The summed E-state index contributed by atoms with van der Waals surface area (Å²) in [5.74, 6) is -0.323. The highest BCUT2D eigenvalue weighted by molar-refractivity contribution is 9.10. The number of rotatable bonds is 2. The van der Waals surface area contributed by atoms with E-state index in [9.17, 15) is 9.50 Å². The molecule has 1 aliphatic heterocycles. The first-order valence-corrected chi connectivity index (χ1v) is 6.15. The fourth-order valence-electron chi connectivity index (χ4n) is 1.98. The molecule has 1 fully saturated rings. The molecule has 0 spiro atoms. The summed E-state index contributed by atoms with van der Waals surface area (Å²) < 4.78 is 19.0. The zero-order chi connectivity index (χ0) is 11.7. The molecule has 0 amide bonds. The van der Waals surface area contributed by atoms with Gasteiger partial charge in [0.1, 0.15) is 11.9 Å². The molecule has 0 saturated carbocycles. The van der Waals surface area contributed by atoms with E-state index in [1.807, 2.05) is 6.92 Å². The molecule has 16 heavy (non-hydrogen) atoms. The van der Waals surface area contributed by atoms with Gasteiger partial charge in [0.25, 0.3) is 0 Å². The Labute approximate surface area is 103 Å². The van der Waals surface area contributed by atoms with E-state index >= 15 is 0 Å². The number of hydrogen-bond acceptors (Lipinski definition) is 2. The van der Waals surface area contributed by atoms with Crippen LogP contribution in [0.15, 0.2) is 22.7 Å². The Balaban J connectivity index is 2.14. The monoisotopic (exact) mass is 288 g/mol. The van der Waals surface area contributed by atoms with Crippen LogP contribution in [0.4, 0.5) is 4.39 Å². The Kier molecular flexibility index (Phi) is 3.62. The van der Waals surface area contributed by atoms with Gasteiger partial charge in [0.05, 0.1) is 16.7 Å². The van der Waals surface area contributed by atoms with Crippen LogP contribution in [0, 0.1) is 5.82 Å². The summed E-state index contributed by atoms with van der Waals surface area (Å²) >= 11 is 3.11. The van der Waals surface area contributed by atoms with Gasteiger partial charge in [-0.2, -0.15) is 0 Å². The zero-order valence-corrected chi connectivity index (χ0v) is 10.6. The highest BCUT2D eigenvalue weighted by Crippen LogP contribution is 2.31. The molecule has 0 bridgehead atoms. The van der Waals surface area contributed by atoms with Crippen LogP contribution < -0.4 is 0 Å². The largest absolute Gasteiger partial charge is 0.386 e. The van der Waals surface area contributed by atoms with Crippen molar-refractivity contribution in [3.05, 3.63) is 34.1 Å². The SMILES string of the molecule is CC1CCC(C(O)c2ccc(F)c(Br)c2)O1. The summed E-state index contributed by atoms with van der Waals surface area (Å²) in [7, 11) is 0. The van der Waals surface area contributed by atoms with Gasteiger partial charge in [-0.1, -0.05) is 6.07 Å². The first-order valence-electron chi connectivity index (χ1n) is 5.36. The van der Waals surface area contributed by atoms with Crippen LogP contribution in [0.2, 0.25) is 0 Å². The molecule has 88 valence electrons. The van der Waals surface area contributed by atoms with Crippen LogP contribution in [0.3, 0.4) is 0 Å².